The van der Waals surface area contributed by atoms with Gasteiger partial charge < -0.3 is 19.7 Å². The maximum absolute atomic E-state index is 12.5. The zero-order valence-corrected chi connectivity index (χ0v) is 15.7. The zero-order chi connectivity index (χ0) is 18.9. The molecular weight excluding hydrogens is 344 g/mol. The van der Waals surface area contributed by atoms with Crippen LogP contribution < -0.4 is 10.2 Å². The van der Waals surface area contributed by atoms with E-state index in [1.54, 1.807) is 6.20 Å². The fourth-order valence-electron chi connectivity index (χ4n) is 3.52. The summed E-state index contributed by atoms with van der Waals surface area (Å²) < 4.78 is 11.5. The summed E-state index contributed by atoms with van der Waals surface area (Å²) in [6, 6.07) is 5.95. The van der Waals surface area contributed by atoms with Gasteiger partial charge in [-0.3, -0.25) is 4.79 Å². The Labute approximate surface area is 158 Å². The van der Waals surface area contributed by atoms with Crippen molar-refractivity contribution in [1.82, 2.24) is 9.97 Å². The van der Waals surface area contributed by atoms with E-state index in [0.29, 0.717) is 18.9 Å². The Morgan fingerprint density at radius 1 is 1.11 bits per heavy atom. The van der Waals surface area contributed by atoms with E-state index in [-0.39, 0.29) is 5.91 Å². The number of nitrogens with one attached hydrogen (secondary N) is 1. The van der Waals surface area contributed by atoms with Crippen LogP contribution in [0.5, 0.6) is 0 Å². The van der Waals surface area contributed by atoms with E-state index in [2.05, 4.69) is 20.2 Å². The Kier molecular flexibility index (Phi) is 4.80. The number of carbonyl (C=O) groups excluding carboxylic acids is 1. The van der Waals surface area contributed by atoms with Gasteiger partial charge in [-0.25, -0.2) is 9.97 Å². The predicted molar refractivity (Wildman–Crippen MR) is 102 cm³/mol. The summed E-state index contributed by atoms with van der Waals surface area (Å²) in [5, 5.41) is 2.91. The highest BCUT2D eigenvalue weighted by atomic mass is 16.7. The lowest BCUT2D eigenvalue weighted by molar-refractivity contribution is -0.169. The van der Waals surface area contributed by atoms with Crippen molar-refractivity contribution in [1.29, 1.82) is 0 Å². The van der Waals surface area contributed by atoms with Crippen LogP contribution >= 0.6 is 0 Å². The van der Waals surface area contributed by atoms with Gasteiger partial charge in [0.1, 0.15) is 11.5 Å². The molecule has 1 aromatic heterocycles. The Morgan fingerprint density at radius 3 is 2.52 bits per heavy atom. The van der Waals surface area contributed by atoms with Gasteiger partial charge in [0.15, 0.2) is 5.79 Å². The Hall–Kier alpha value is -2.51. The van der Waals surface area contributed by atoms with Crippen molar-refractivity contribution in [2.75, 3.05) is 36.5 Å². The number of rotatable bonds is 3. The summed E-state index contributed by atoms with van der Waals surface area (Å²) in [7, 11) is 0. The van der Waals surface area contributed by atoms with E-state index in [4.69, 9.17) is 9.47 Å². The molecule has 0 atom stereocenters. The van der Waals surface area contributed by atoms with Crippen molar-refractivity contribution < 1.29 is 14.3 Å². The molecule has 2 aliphatic rings. The predicted octanol–water partition coefficient (Wildman–Crippen LogP) is 2.69. The standard InChI is InChI=1S/C20H24N4O3/c1-14-3-4-15(2)16(11-14)23-19(25)17-12-22-18(13-21-17)24-7-5-20(6-8-24)26-9-10-27-20/h3-4,11-13H,5-10H2,1-2H3,(H,23,25). The van der Waals surface area contributed by atoms with Crippen LogP contribution in [0.25, 0.3) is 0 Å². The van der Waals surface area contributed by atoms with Gasteiger partial charge in [-0.05, 0) is 31.0 Å². The van der Waals surface area contributed by atoms with Gasteiger partial charge in [-0.2, -0.15) is 0 Å². The second-order valence-electron chi connectivity index (χ2n) is 7.13. The van der Waals surface area contributed by atoms with Crippen molar-refractivity contribution in [3.63, 3.8) is 0 Å². The number of amides is 1. The van der Waals surface area contributed by atoms with E-state index in [1.807, 2.05) is 32.0 Å². The highest BCUT2D eigenvalue weighted by molar-refractivity contribution is 6.03. The van der Waals surface area contributed by atoms with E-state index < -0.39 is 5.79 Å². The number of ether oxygens (including phenoxy) is 2. The lowest BCUT2D eigenvalue weighted by Gasteiger charge is -2.37. The molecule has 0 unspecified atom stereocenters. The molecule has 3 heterocycles. The average molecular weight is 368 g/mol. The van der Waals surface area contributed by atoms with E-state index in [0.717, 1.165) is 48.6 Å². The first-order valence-electron chi connectivity index (χ1n) is 9.28. The minimum atomic E-state index is -0.407. The highest BCUT2D eigenvalue weighted by Gasteiger charge is 2.40. The second kappa shape index (κ2) is 7.25. The molecule has 1 N–H and O–H groups in total. The lowest BCUT2D eigenvalue weighted by Crippen LogP contribution is -2.45. The summed E-state index contributed by atoms with van der Waals surface area (Å²) in [6.45, 7) is 6.89. The number of nitrogens with zero attached hydrogens (tertiary/aromatic N) is 3. The van der Waals surface area contributed by atoms with Gasteiger partial charge in [0.2, 0.25) is 0 Å². The number of aromatic nitrogens is 2. The third-order valence-electron chi connectivity index (χ3n) is 5.17. The quantitative estimate of drug-likeness (QED) is 0.898. The number of hydrogen-bond donors (Lipinski definition) is 1. The first-order valence-corrected chi connectivity index (χ1v) is 9.28. The summed E-state index contributed by atoms with van der Waals surface area (Å²) in [6.07, 6.45) is 4.81. The Bertz CT molecular complexity index is 822. The maximum atomic E-state index is 12.5. The van der Waals surface area contributed by atoms with Crippen molar-refractivity contribution in [3.8, 4) is 0 Å². The molecule has 1 aromatic carbocycles. The molecule has 7 nitrogen and oxygen atoms in total. The molecule has 2 fully saturated rings. The summed E-state index contributed by atoms with van der Waals surface area (Å²) in [5.41, 5.74) is 3.20. The molecule has 2 saturated heterocycles. The van der Waals surface area contributed by atoms with Crippen LogP contribution in [0.15, 0.2) is 30.6 Å². The van der Waals surface area contributed by atoms with Crippen LogP contribution in [-0.2, 0) is 9.47 Å². The first-order chi connectivity index (χ1) is 13.0. The van der Waals surface area contributed by atoms with Crippen LogP contribution in [-0.4, -0.2) is 48.0 Å². The molecule has 142 valence electrons. The largest absolute Gasteiger partial charge is 0.355 e. The first kappa shape index (κ1) is 17.9. The zero-order valence-electron chi connectivity index (χ0n) is 15.7. The number of carbonyl (C=O) groups is 1. The summed E-state index contributed by atoms with van der Waals surface area (Å²) >= 11 is 0. The summed E-state index contributed by atoms with van der Waals surface area (Å²) in [4.78, 5) is 23.4. The second-order valence-corrected chi connectivity index (χ2v) is 7.13. The molecular formula is C20H24N4O3. The van der Waals surface area contributed by atoms with Crippen molar-refractivity contribution >= 4 is 17.4 Å². The van der Waals surface area contributed by atoms with Gasteiger partial charge in [0.05, 0.1) is 25.6 Å². The minimum absolute atomic E-state index is 0.256. The molecule has 0 radical (unpaired) electrons. The van der Waals surface area contributed by atoms with Gasteiger partial charge >= 0.3 is 0 Å². The fourth-order valence-corrected chi connectivity index (χ4v) is 3.52. The molecule has 4 rings (SSSR count). The van der Waals surface area contributed by atoms with Crippen LogP contribution in [0.1, 0.15) is 34.5 Å². The van der Waals surface area contributed by atoms with E-state index in [1.165, 1.54) is 6.20 Å². The van der Waals surface area contributed by atoms with Crippen molar-refractivity contribution in [3.05, 3.63) is 47.4 Å². The van der Waals surface area contributed by atoms with Crippen molar-refractivity contribution in [2.24, 2.45) is 0 Å². The van der Waals surface area contributed by atoms with Crippen LogP contribution in [0.4, 0.5) is 11.5 Å². The SMILES string of the molecule is Cc1ccc(C)c(NC(=O)c2cnc(N3CCC4(CC3)OCCO4)cn2)c1. The van der Waals surface area contributed by atoms with Crippen molar-refractivity contribution in [2.45, 2.75) is 32.5 Å². The number of hydrogen-bond acceptors (Lipinski definition) is 6. The Morgan fingerprint density at radius 2 is 1.85 bits per heavy atom. The smallest absolute Gasteiger partial charge is 0.275 e. The number of benzene rings is 1. The molecule has 2 aliphatic heterocycles. The van der Waals surface area contributed by atoms with Gasteiger partial charge in [0, 0.05) is 31.6 Å². The molecule has 0 bridgehead atoms. The number of piperidine rings is 1. The Balaban J connectivity index is 1.40. The minimum Gasteiger partial charge on any atom is -0.355 e. The lowest BCUT2D eigenvalue weighted by atomic mass is 10.0. The number of aryl methyl sites for hydroxylation is 2. The fraction of sp³-hybridized carbons (Fsp3) is 0.450. The molecule has 0 saturated carbocycles. The van der Waals surface area contributed by atoms with Crippen LogP contribution in [0.2, 0.25) is 0 Å². The molecule has 7 heteroatoms. The molecule has 1 spiro atoms. The van der Waals surface area contributed by atoms with Gasteiger partial charge in [0.25, 0.3) is 5.91 Å². The molecule has 0 aliphatic carbocycles. The topological polar surface area (TPSA) is 76.6 Å². The third kappa shape index (κ3) is 3.79. The van der Waals surface area contributed by atoms with E-state index >= 15 is 0 Å². The molecule has 1 amide bonds. The maximum Gasteiger partial charge on any atom is 0.275 e. The molecule has 27 heavy (non-hydrogen) atoms. The summed E-state index contributed by atoms with van der Waals surface area (Å²) in [5.74, 6) is 0.106. The average Bonchev–Trinajstić information content (AvgIpc) is 3.13. The normalized spacial score (nSPS) is 18.7. The number of anilines is 2. The van der Waals surface area contributed by atoms with E-state index in [9.17, 15) is 4.79 Å². The van der Waals surface area contributed by atoms with Crippen LogP contribution in [0.3, 0.4) is 0 Å². The van der Waals surface area contributed by atoms with Gasteiger partial charge in [-0.15, -0.1) is 0 Å². The monoisotopic (exact) mass is 368 g/mol. The third-order valence-corrected chi connectivity index (χ3v) is 5.17. The van der Waals surface area contributed by atoms with Crippen LogP contribution in [0, 0.1) is 13.8 Å². The van der Waals surface area contributed by atoms with Gasteiger partial charge in [-0.1, -0.05) is 12.1 Å². The highest BCUT2D eigenvalue weighted by Crippen LogP contribution is 2.32. The molecule has 2 aromatic rings.